The highest BCUT2D eigenvalue weighted by Gasteiger charge is 2.41. The molecule has 0 saturated carbocycles. The molecule has 0 atom stereocenters. The van der Waals surface area contributed by atoms with E-state index >= 15 is 0 Å². The van der Waals surface area contributed by atoms with Gasteiger partial charge in [-0.15, -0.1) is 0 Å². The Morgan fingerprint density at radius 3 is 2.39 bits per heavy atom. The van der Waals surface area contributed by atoms with Crippen molar-refractivity contribution in [3.8, 4) is 0 Å². The highest BCUT2D eigenvalue weighted by Crippen LogP contribution is 2.44. The summed E-state index contributed by atoms with van der Waals surface area (Å²) in [5, 5.41) is 0. The third-order valence-corrected chi connectivity index (χ3v) is 6.36. The molecule has 0 N–H and O–H groups in total. The van der Waals surface area contributed by atoms with Crippen molar-refractivity contribution >= 4 is 51.4 Å². The number of aryl methyl sites for hydroxylation is 1. The number of anilines is 1. The molecule has 0 aromatic heterocycles. The SMILES string of the molecule is CCCN1C(=O)C(=C2SC(=S)N(Cc3ccc(C)cc3)C2=O)c2ccccc21. The number of thioether (sulfide) groups is 1. The molecular weight excluding hydrogens is 388 g/mol. The minimum atomic E-state index is -0.188. The van der Waals surface area contributed by atoms with Crippen LogP contribution in [0, 0.1) is 6.92 Å². The Bertz CT molecular complexity index is 1010. The van der Waals surface area contributed by atoms with Crippen molar-refractivity contribution in [3.63, 3.8) is 0 Å². The van der Waals surface area contributed by atoms with Crippen LogP contribution in [0.1, 0.15) is 30.0 Å². The van der Waals surface area contributed by atoms with Gasteiger partial charge in [0.2, 0.25) is 0 Å². The van der Waals surface area contributed by atoms with Crippen molar-refractivity contribution in [2.75, 3.05) is 11.4 Å². The zero-order valence-electron chi connectivity index (χ0n) is 15.8. The Balaban J connectivity index is 1.72. The van der Waals surface area contributed by atoms with E-state index < -0.39 is 0 Å². The monoisotopic (exact) mass is 408 g/mol. The van der Waals surface area contributed by atoms with Gasteiger partial charge < -0.3 is 4.90 Å². The molecule has 1 saturated heterocycles. The molecule has 2 aromatic rings. The molecule has 2 aliphatic heterocycles. The number of carbonyl (C=O) groups is 2. The van der Waals surface area contributed by atoms with Gasteiger partial charge in [-0.05, 0) is 25.0 Å². The summed E-state index contributed by atoms with van der Waals surface area (Å²) >= 11 is 6.71. The molecule has 1 fully saturated rings. The first-order chi connectivity index (χ1) is 13.5. The van der Waals surface area contributed by atoms with Gasteiger partial charge in [0.15, 0.2) is 0 Å². The number of nitrogens with zero attached hydrogens (tertiary/aromatic N) is 2. The molecule has 142 valence electrons. The molecule has 0 radical (unpaired) electrons. The third kappa shape index (κ3) is 3.16. The van der Waals surface area contributed by atoms with Crippen LogP contribution in [-0.2, 0) is 16.1 Å². The van der Waals surface area contributed by atoms with Crippen molar-refractivity contribution in [2.45, 2.75) is 26.8 Å². The molecule has 2 aliphatic rings. The van der Waals surface area contributed by atoms with E-state index in [9.17, 15) is 9.59 Å². The summed E-state index contributed by atoms with van der Waals surface area (Å²) in [5.41, 5.74) is 4.34. The Morgan fingerprint density at radius 1 is 0.964 bits per heavy atom. The number of rotatable bonds is 4. The molecule has 0 bridgehead atoms. The lowest BCUT2D eigenvalue weighted by Crippen LogP contribution is -2.29. The van der Waals surface area contributed by atoms with Gasteiger partial charge in [0.1, 0.15) is 4.32 Å². The highest BCUT2D eigenvalue weighted by molar-refractivity contribution is 8.26. The maximum atomic E-state index is 13.2. The second-order valence-electron chi connectivity index (χ2n) is 6.92. The number of thiocarbonyl (C=S) groups is 1. The summed E-state index contributed by atoms with van der Waals surface area (Å²) in [5.74, 6) is -0.300. The van der Waals surface area contributed by atoms with Crippen LogP contribution >= 0.6 is 24.0 Å². The molecule has 28 heavy (non-hydrogen) atoms. The van der Waals surface area contributed by atoms with Crippen molar-refractivity contribution in [1.82, 2.24) is 4.90 Å². The lowest BCUT2D eigenvalue weighted by Gasteiger charge is -2.15. The van der Waals surface area contributed by atoms with Crippen LogP contribution in [0.2, 0.25) is 0 Å². The summed E-state index contributed by atoms with van der Waals surface area (Å²) in [4.78, 5) is 30.1. The van der Waals surface area contributed by atoms with Crippen LogP contribution in [0.25, 0.3) is 5.57 Å². The first-order valence-electron chi connectivity index (χ1n) is 9.26. The first-order valence-corrected chi connectivity index (χ1v) is 10.5. The topological polar surface area (TPSA) is 40.6 Å². The molecule has 2 aromatic carbocycles. The summed E-state index contributed by atoms with van der Waals surface area (Å²) in [6, 6.07) is 15.7. The van der Waals surface area contributed by atoms with Gasteiger partial charge in [0.25, 0.3) is 11.8 Å². The van der Waals surface area contributed by atoms with Gasteiger partial charge in [0.05, 0.1) is 22.7 Å². The summed E-state index contributed by atoms with van der Waals surface area (Å²) in [7, 11) is 0. The van der Waals surface area contributed by atoms with E-state index in [0.717, 1.165) is 23.2 Å². The molecule has 4 rings (SSSR count). The Kier molecular flexibility index (Phi) is 5.08. The van der Waals surface area contributed by atoms with E-state index in [0.29, 0.717) is 27.9 Å². The predicted molar refractivity (Wildman–Crippen MR) is 118 cm³/mol. The largest absolute Gasteiger partial charge is 0.308 e. The third-order valence-electron chi connectivity index (χ3n) is 4.91. The molecule has 0 aliphatic carbocycles. The average molecular weight is 409 g/mol. The van der Waals surface area contributed by atoms with E-state index in [1.807, 2.05) is 62.4 Å². The van der Waals surface area contributed by atoms with E-state index in [1.165, 1.54) is 17.3 Å². The number of amides is 2. The summed E-state index contributed by atoms with van der Waals surface area (Å²) < 4.78 is 0.493. The van der Waals surface area contributed by atoms with E-state index in [-0.39, 0.29) is 11.8 Å². The molecule has 2 amide bonds. The second kappa shape index (κ2) is 7.53. The van der Waals surface area contributed by atoms with Gasteiger partial charge in [-0.25, -0.2) is 0 Å². The Hall–Kier alpha value is -2.44. The number of hydrogen-bond acceptors (Lipinski definition) is 4. The number of benzene rings is 2. The predicted octanol–water partition coefficient (Wildman–Crippen LogP) is 4.52. The fourth-order valence-corrected chi connectivity index (χ4v) is 4.83. The maximum Gasteiger partial charge on any atom is 0.267 e. The van der Waals surface area contributed by atoms with E-state index in [1.54, 1.807) is 9.80 Å². The normalized spacial score (nSPS) is 19.0. The highest BCUT2D eigenvalue weighted by atomic mass is 32.2. The summed E-state index contributed by atoms with van der Waals surface area (Å²) in [6.07, 6.45) is 0.849. The van der Waals surface area contributed by atoms with Crippen molar-refractivity contribution < 1.29 is 9.59 Å². The van der Waals surface area contributed by atoms with Crippen molar-refractivity contribution in [1.29, 1.82) is 0 Å². The van der Waals surface area contributed by atoms with Crippen LogP contribution in [0.3, 0.4) is 0 Å². The summed E-state index contributed by atoms with van der Waals surface area (Å²) in [6.45, 7) is 5.10. The minimum absolute atomic E-state index is 0.112. The molecular formula is C22H20N2O2S2. The molecule has 4 nitrogen and oxygen atoms in total. The Morgan fingerprint density at radius 2 is 1.68 bits per heavy atom. The molecule has 2 heterocycles. The van der Waals surface area contributed by atoms with Gasteiger partial charge >= 0.3 is 0 Å². The van der Waals surface area contributed by atoms with Gasteiger partial charge in [-0.1, -0.05) is 78.9 Å². The smallest absolute Gasteiger partial charge is 0.267 e. The van der Waals surface area contributed by atoms with Crippen LogP contribution in [0.4, 0.5) is 5.69 Å². The van der Waals surface area contributed by atoms with Crippen molar-refractivity contribution in [3.05, 3.63) is 70.1 Å². The van der Waals surface area contributed by atoms with Crippen LogP contribution in [-0.4, -0.2) is 27.6 Å². The number of para-hydroxylation sites is 1. The van der Waals surface area contributed by atoms with Crippen LogP contribution in [0.5, 0.6) is 0 Å². The second-order valence-corrected chi connectivity index (χ2v) is 8.57. The van der Waals surface area contributed by atoms with Gasteiger partial charge in [-0.2, -0.15) is 0 Å². The zero-order chi connectivity index (χ0) is 19.8. The minimum Gasteiger partial charge on any atom is -0.308 e. The Labute approximate surface area is 174 Å². The number of fused-ring (bicyclic) bond motifs is 1. The van der Waals surface area contributed by atoms with Gasteiger partial charge in [0, 0.05) is 12.1 Å². The van der Waals surface area contributed by atoms with E-state index in [4.69, 9.17) is 12.2 Å². The zero-order valence-corrected chi connectivity index (χ0v) is 17.4. The maximum absolute atomic E-state index is 13.2. The molecule has 0 spiro atoms. The lowest BCUT2D eigenvalue weighted by atomic mass is 10.1. The quantitative estimate of drug-likeness (QED) is 0.551. The average Bonchev–Trinajstić information content (AvgIpc) is 3.12. The van der Waals surface area contributed by atoms with Crippen LogP contribution in [0.15, 0.2) is 53.4 Å². The molecule has 6 heteroatoms. The lowest BCUT2D eigenvalue weighted by molar-refractivity contribution is -0.122. The molecule has 0 unspecified atom stereocenters. The standard InChI is InChI=1S/C22H20N2O2S2/c1-3-12-23-17-7-5-4-6-16(17)18(20(23)25)19-21(26)24(22(27)28-19)13-15-10-8-14(2)9-11-15/h4-11H,3,12-13H2,1-2H3. The van der Waals surface area contributed by atoms with Crippen molar-refractivity contribution in [2.24, 2.45) is 0 Å². The van der Waals surface area contributed by atoms with Crippen LogP contribution < -0.4 is 4.90 Å². The fourth-order valence-electron chi connectivity index (χ4n) is 3.51. The van der Waals surface area contributed by atoms with E-state index in [2.05, 4.69) is 0 Å². The van der Waals surface area contributed by atoms with Gasteiger partial charge in [-0.3, -0.25) is 14.5 Å². The fraction of sp³-hybridized carbons (Fsp3) is 0.227. The number of hydrogen-bond donors (Lipinski definition) is 0. The first kappa shape index (κ1) is 18.9. The number of carbonyl (C=O) groups excluding carboxylic acids is 2.